The van der Waals surface area contributed by atoms with Gasteiger partial charge >= 0.3 is 11.9 Å². The number of amides is 1. The second-order valence-corrected chi connectivity index (χ2v) is 7.99. The van der Waals surface area contributed by atoms with Crippen LogP contribution in [0.4, 0.5) is 5.69 Å². The molecule has 0 aliphatic carbocycles. The number of carbonyl (C=O) groups is 2. The largest absolute Gasteiger partial charge is 0.486 e. The molecule has 0 atom stereocenters. The van der Waals surface area contributed by atoms with Gasteiger partial charge in [-0.2, -0.15) is 5.10 Å². The van der Waals surface area contributed by atoms with Gasteiger partial charge in [0.1, 0.15) is 36.2 Å². The molecule has 4 aromatic rings. The Labute approximate surface area is 221 Å². The molecule has 0 aliphatic rings. The Morgan fingerprint density at radius 2 is 1.54 bits per heavy atom. The highest BCUT2D eigenvalue weighted by molar-refractivity contribution is 6.02. The number of nitro groups is 1. The molecular weight excluding hydrogens is 510 g/mol. The van der Waals surface area contributed by atoms with Crippen LogP contribution in [-0.4, -0.2) is 29.6 Å². The number of hydrogen-bond acceptors (Lipinski definition) is 10. The number of hydrogen-bond donors (Lipinski definition) is 1. The standard InChI is InChI=1S/C27H23N3O9/c1-17(22-5-3-4-6-23(22)37-16-21-12-14-25(39-21)27(32)35-2)28-29-26(31)24-13-11-20(38-24)15-36-19-9-7-18(8-10-19)30(33)34/h3-14H,15-16H2,1-2H3,(H,29,31)/b28-17-. The molecule has 0 aliphatic heterocycles. The number of furan rings is 2. The third-order valence-corrected chi connectivity index (χ3v) is 5.33. The van der Waals surface area contributed by atoms with Gasteiger partial charge in [-0.25, -0.2) is 10.2 Å². The summed E-state index contributed by atoms with van der Waals surface area (Å²) in [5, 5.41) is 14.9. The van der Waals surface area contributed by atoms with Crippen molar-refractivity contribution in [2.45, 2.75) is 20.1 Å². The monoisotopic (exact) mass is 533 g/mol. The van der Waals surface area contributed by atoms with Crippen LogP contribution in [0.25, 0.3) is 0 Å². The molecule has 39 heavy (non-hydrogen) atoms. The van der Waals surface area contributed by atoms with Crippen LogP contribution in [0.5, 0.6) is 11.5 Å². The molecule has 2 heterocycles. The van der Waals surface area contributed by atoms with Crippen molar-refractivity contribution in [2.75, 3.05) is 7.11 Å². The first-order chi connectivity index (χ1) is 18.8. The van der Waals surface area contributed by atoms with Crippen LogP contribution in [0.2, 0.25) is 0 Å². The zero-order chi connectivity index (χ0) is 27.8. The number of benzene rings is 2. The number of carbonyl (C=O) groups excluding carboxylic acids is 2. The van der Waals surface area contributed by atoms with E-state index in [-0.39, 0.29) is 30.4 Å². The van der Waals surface area contributed by atoms with E-state index in [1.165, 1.54) is 43.5 Å². The van der Waals surface area contributed by atoms with Crippen LogP contribution in [-0.2, 0) is 18.0 Å². The topological polar surface area (TPSA) is 156 Å². The summed E-state index contributed by atoms with van der Waals surface area (Å²) in [7, 11) is 1.27. The first-order valence-corrected chi connectivity index (χ1v) is 11.5. The van der Waals surface area contributed by atoms with E-state index >= 15 is 0 Å². The molecule has 12 heteroatoms. The van der Waals surface area contributed by atoms with Crippen LogP contribution in [0.1, 0.15) is 45.1 Å². The number of ether oxygens (including phenoxy) is 3. The fraction of sp³-hybridized carbons (Fsp3) is 0.148. The van der Waals surface area contributed by atoms with Crippen molar-refractivity contribution in [2.24, 2.45) is 5.10 Å². The predicted molar refractivity (Wildman–Crippen MR) is 137 cm³/mol. The fourth-order valence-electron chi connectivity index (χ4n) is 3.35. The Balaban J connectivity index is 1.33. The van der Waals surface area contributed by atoms with E-state index < -0.39 is 16.8 Å². The van der Waals surface area contributed by atoms with Crippen molar-refractivity contribution in [3.8, 4) is 11.5 Å². The second kappa shape index (κ2) is 12.2. The lowest BCUT2D eigenvalue weighted by molar-refractivity contribution is -0.384. The minimum atomic E-state index is -0.582. The van der Waals surface area contributed by atoms with Crippen molar-refractivity contribution in [3.05, 3.63) is 112 Å². The van der Waals surface area contributed by atoms with Crippen molar-refractivity contribution >= 4 is 23.3 Å². The number of para-hydroxylation sites is 1. The minimum absolute atomic E-state index is 0.0227. The molecule has 1 amide bonds. The summed E-state index contributed by atoms with van der Waals surface area (Å²) in [4.78, 5) is 34.3. The van der Waals surface area contributed by atoms with Gasteiger partial charge in [-0.3, -0.25) is 14.9 Å². The van der Waals surface area contributed by atoms with Crippen molar-refractivity contribution in [1.29, 1.82) is 0 Å². The lowest BCUT2D eigenvalue weighted by atomic mass is 10.1. The summed E-state index contributed by atoms with van der Waals surface area (Å²) in [6.07, 6.45) is 0. The Morgan fingerprint density at radius 3 is 2.23 bits per heavy atom. The van der Waals surface area contributed by atoms with Crippen LogP contribution in [0.15, 0.2) is 86.7 Å². The average molecular weight is 533 g/mol. The number of rotatable bonds is 11. The summed E-state index contributed by atoms with van der Waals surface area (Å²) in [5.74, 6) is 0.668. The van der Waals surface area contributed by atoms with Crippen molar-refractivity contribution in [3.63, 3.8) is 0 Å². The molecule has 0 bridgehead atoms. The molecule has 2 aromatic carbocycles. The molecule has 0 spiro atoms. The summed E-state index contributed by atoms with van der Waals surface area (Å²) in [6.45, 7) is 1.79. The maximum absolute atomic E-state index is 12.5. The van der Waals surface area contributed by atoms with Gasteiger partial charge in [0.15, 0.2) is 5.76 Å². The Kier molecular flexibility index (Phi) is 8.36. The van der Waals surface area contributed by atoms with Crippen LogP contribution in [0.3, 0.4) is 0 Å². The van der Waals surface area contributed by atoms with Crippen LogP contribution in [0, 0.1) is 10.1 Å². The molecule has 0 radical (unpaired) electrons. The van der Waals surface area contributed by atoms with Crippen molar-refractivity contribution < 1.29 is 37.6 Å². The number of non-ortho nitro benzene ring substituents is 1. The Morgan fingerprint density at radius 1 is 0.897 bits per heavy atom. The summed E-state index contributed by atoms with van der Waals surface area (Å²) in [6, 6.07) is 18.9. The van der Waals surface area contributed by atoms with Crippen LogP contribution < -0.4 is 14.9 Å². The first-order valence-electron chi connectivity index (χ1n) is 11.5. The normalized spacial score (nSPS) is 11.1. The number of nitrogens with one attached hydrogen (secondary N) is 1. The lowest BCUT2D eigenvalue weighted by Gasteiger charge is -2.10. The van der Waals surface area contributed by atoms with E-state index in [0.717, 1.165) is 0 Å². The molecule has 200 valence electrons. The maximum Gasteiger partial charge on any atom is 0.373 e. The third-order valence-electron chi connectivity index (χ3n) is 5.33. The summed E-state index contributed by atoms with van der Waals surface area (Å²) in [5.41, 5.74) is 3.51. The van der Waals surface area contributed by atoms with Gasteiger partial charge in [-0.1, -0.05) is 12.1 Å². The third kappa shape index (κ3) is 6.89. The molecule has 0 fully saturated rings. The number of esters is 1. The zero-order valence-corrected chi connectivity index (χ0v) is 20.9. The minimum Gasteiger partial charge on any atom is -0.486 e. The van der Waals surface area contributed by atoms with Gasteiger partial charge in [-0.05, 0) is 55.5 Å². The van der Waals surface area contributed by atoms with E-state index in [1.807, 2.05) is 0 Å². The first kappa shape index (κ1) is 26.7. The molecule has 0 unspecified atom stereocenters. The number of hydrazone groups is 1. The van der Waals surface area contributed by atoms with Gasteiger partial charge in [0.25, 0.3) is 5.69 Å². The summed E-state index contributed by atoms with van der Waals surface area (Å²) < 4.78 is 26.9. The SMILES string of the molecule is COC(=O)c1ccc(COc2ccccc2/C(C)=N\NC(=O)c2ccc(COc3ccc([N+](=O)[O-])cc3)o2)o1. The second-order valence-electron chi connectivity index (χ2n) is 7.99. The Bertz CT molecular complexity index is 1500. The van der Waals surface area contributed by atoms with E-state index in [4.69, 9.17) is 18.3 Å². The van der Waals surface area contributed by atoms with E-state index in [9.17, 15) is 19.7 Å². The van der Waals surface area contributed by atoms with Gasteiger partial charge in [0, 0.05) is 17.7 Å². The Hall–Kier alpha value is -5.39. The number of nitro benzene ring substituents is 1. The van der Waals surface area contributed by atoms with Gasteiger partial charge in [0.05, 0.1) is 17.7 Å². The molecule has 1 N–H and O–H groups in total. The lowest BCUT2D eigenvalue weighted by Crippen LogP contribution is -2.19. The predicted octanol–water partition coefficient (Wildman–Crippen LogP) is 4.88. The maximum atomic E-state index is 12.5. The molecule has 12 nitrogen and oxygen atoms in total. The number of methoxy groups -OCH3 is 1. The average Bonchev–Trinajstić information content (AvgIpc) is 3.64. The fourth-order valence-corrected chi connectivity index (χ4v) is 3.35. The summed E-state index contributed by atoms with van der Waals surface area (Å²) >= 11 is 0. The molecule has 4 rings (SSSR count). The molecule has 2 aromatic heterocycles. The molecule has 0 saturated heterocycles. The zero-order valence-electron chi connectivity index (χ0n) is 20.9. The molecule has 0 saturated carbocycles. The van der Waals surface area contributed by atoms with Gasteiger partial charge in [-0.15, -0.1) is 0 Å². The van der Waals surface area contributed by atoms with Crippen LogP contribution >= 0.6 is 0 Å². The highest BCUT2D eigenvalue weighted by Gasteiger charge is 2.15. The highest BCUT2D eigenvalue weighted by atomic mass is 16.6. The quantitative estimate of drug-likeness (QED) is 0.123. The number of nitrogens with zero attached hydrogens (tertiary/aromatic N) is 2. The van der Waals surface area contributed by atoms with E-state index in [1.54, 1.807) is 43.3 Å². The molecular formula is C27H23N3O9. The highest BCUT2D eigenvalue weighted by Crippen LogP contribution is 2.22. The van der Waals surface area contributed by atoms with Gasteiger partial charge < -0.3 is 23.0 Å². The van der Waals surface area contributed by atoms with E-state index in [2.05, 4.69) is 15.3 Å². The smallest absolute Gasteiger partial charge is 0.373 e. The van der Waals surface area contributed by atoms with Crippen molar-refractivity contribution in [1.82, 2.24) is 5.43 Å². The van der Waals surface area contributed by atoms with E-state index in [0.29, 0.717) is 34.3 Å². The van der Waals surface area contributed by atoms with Gasteiger partial charge in [0.2, 0.25) is 5.76 Å².